The summed E-state index contributed by atoms with van der Waals surface area (Å²) in [5.41, 5.74) is 2.19. The van der Waals surface area contributed by atoms with E-state index in [4.69, 9.17) is 14.2 Å². The fraction of sp³-hybridized carbons (Fsp3) is 0.345. The smallest absolute Gasteiger partial charge is 0.264 e. The molecule has 200 valence electrons. The van der Waals surface area contributed by atoms with Gasteiger partial charge in [0.2, 0.25) is 0 Å². The van der Waals surface area contributed by atoms with Crippen LogP contribution >= 0.6 is 0 Å². The van der Waals surface area contributed by atoms with Gasteiger partial charge in [-0.05, 0) is 67.3 Å². The average Bonchev–Trinajstić information content (AvgIpc) is 2.96. The van der Waals surface area contributed by atoms with Crippen molar-refractivity contribution in [2.75, 3.05) is 37.7 Å². The lowest BCUT2D eigenvalue weighted by Crippen LogP contribution is -2.53. The number of nitrogens with one attached hydrogen (secondary N) is 1. The summed E-state index contributed by atoms with van der Waals surface area (Å²) in [5, 5.41) is 3.07. The molecule has 2 heterocycles. The average molecular weight is 537 g/mol. The van der Waals surface area contributed by atoms with E-state index in [9.17, 15) is 13.2 Å². The van der Waals surface area contributed by atoms with Crippen LogP contribution in [0.25, 0.3) is 0 Å². The van der Waals surface area contributed by atoms with Gasteiger partial charge in [0.25, 0.3) is 15.9 Å². The SMILES string of the molecule is COc1ccc(S(=O)(=O)N2C[C@@H](C(=O)NCC3(c4ccccc4)CCOCC3)Oc3ccc(C)cc32)cc1. The highest BCUT2D eigenvalue weighted by Crippen LogP contribution is 2.38. The minimum Gasteiger partial charge on any atom is -0.497 e. The van der Waals surface area contributed by atoms with Gasteiger partial charge in [0.15, 0.2) is 6.10 Å². The van der Waals surface area contributed by atoms with E-state index in [0.29, 0.717) is 36.9 Å². The number of nitrogens with zero attached hydrogens (tertiary/aromatic N) is 1. The molecule has 2 aliphatic heterocycles. The number of aryl methyl sites for hydroxylation is 1. The lowest BCUT2D eigenvalue weighted by molar-refractivity contribution is -0.128. The Hall–Kier alpha value is -3.56. The zero-order valence-electron chi connectivity index (χ0n) is 21.6. The van der Waals surface area contributed by atoms with E-state index in [0.717, 1.165) is 24.0 Å². The van der Waals surface area contributed by atoms with Gasteiger partial charge in [0, 0.05) is 25.2 Å². The van der Waals surface area contributed by atoms with Crippen LogP contribution in [0.4, 0.5) is 5.69 Å². The zero-order valence-corrected chi connectivity index (χ0v) is 22.4. The summed E-state index contributed by atoms with van der Waals surface area (Å²) in [7, 11) is -2.45. The van der Waals surface area contributed by atoms with Gasteiger partial charge in [0.05, 0.1) is 24.2 Å². The van der Waals surface area contributed by atoms with Gasteiger partial charge in [-0.1, -0.05) is 36.4 Å². The van der Waals surface area contributed by atoms with E-state index in [2.05, 4.69) is 17.4 Å². The third-order valence-electron chi connectivity index (χ3n) is 7.36. The Morgan fingerprint density at radius 3 is 2.45 bits per heavy atom. The van der Waals surface area contributed by atoms with Crippen LogP contribution in [-0.4, -0.2) is 53.8 Å². The molecule has 1 fully saturated rings. The highest BCUT2D eigenvalue weighted by molar-refractivity contribution is 7.92. The molecule has 0 aromatic heterocycles. The van der Waals surface area contributed by atoms with Gasteiger partial charge in [0.1, 0.15) is 11.5 Å². The summed E-state index contributed by atoms with van der Waals surface area (Å²) in [4.78, 5) is 13.6. The summed E-state index contributed by atoms with van der Waals surface area (Å²) < 4.78 is 45.6. The molecule has 38 heavy (non-hydrogen) atoms. The highest BCUT2D eigenvalue weighted by Gasteiger charge is 2.40. The maximum Gasteiger partial charge on any atom is 0.264 e. The van der Waals surface area contributed by atoms with Crippen LogP contribution in [-0.2, 0) is 25.0 Å². The Labute approximate surface area is 223 Å². The lowest BCUT2D eigenvalue weighted by Gasteiger charge is -2.39. The first-order chi connectivity index (χ1) is 18.3. The quantitative estimate of drug-likeness (QED) is 0.493. The molecule has 1 saturated heterocycles. The van der Waals surface area contributed by atoms with Crippen molar-refractivity contribution in [3.05, 3.63) is 83.9 Å². The molecular formula is C29H32N2O6S. The first-order valence-corrected chi connectivity index (χ1v) is 14.1. The zero-order chi connectivity index (χ0) is 26.8. The molecule has 0 spiro atoms. The van der Waals surface area contributed by atoms with Crippen LogP contribution in [0.3, 0.4) is 0 Å². The summed E-state index contributed by atoms with van der Waals surface area (Å²) >= 11 is 0. The minimum absolute atomic E-state index is 0.108. The number of ether oxygens (including phenoxy) is 3. The van der Waals surface area contributed by atoms with Crippen molar-refractivity contribution in [1.29, 1.82) is 0 Å². The molecule has 0 radical (unpaired) electrons. The van der Waals surface area contributed by atoms with Gasteiger partial charge in [-0.2, -0.15) is 0 Å². The normalized spacial score (nSPS) is 18.7. The van der Waals surface area contributed by atoms with E-state index >= 15 is 0 Å². The van der Waals surface area contributed by atoms with Gasteiger partial charge in [-0.3, -0.25) is 9.10 Å². The Morgan fingerprint density at radius 2 is 1.76 bits per heavy atom. The van der Waals surface area contributed by atoms with Crippen LogP contribution in [0.2, 0.25) is 0 Å². The second-order valence-corrected chi connectivity index (χ2v) is 11.6. The predicted octanol–water partition coefficient (Wildman–Crippen LogP) is 3.82. The van der Waals surface area contributed by atoms with Crippen molar-refractivity contribution in [3.8, 4) is 11.5 Å². The first-order valence-electron chi connectivity index (χ1n) is 12.7. The number of rotatable bonds is 7. The van der Waals surface area contributed by atoms with E-state index in [1.807, 2.05) is 31.2 Å². The molecule has 5 rings (SSSR count). The third-order valence-corrected chi connectivity index (χ3v) is 9.15. The standard InChI is InChI=1S/C29H32N2O6S/c1-21-8-13-26-25(18-21)31(38(33,34)24-11-9-23(35-2)10-12-24)19-27(37-26)28(32)30-20-29(14-16-36-17-15-29)22-6-4-3-5-7-22/h3-13,18,27H,14-17,19-20H2,1-2H3,(H,30,32)/t27-/m0/s1. The van der Waals surface area contributed by atoms with Crippen molar-refractivity contribution in [2.45, 2.75) is 36.2 Å². The Kier molecular flexibility index (Phi) is 7.32. The van der Waals surface area contributed by atoms with E-state index < -0.39 is 16.1 Å². The lowest BCUT2D eigenvalue weighted by atomic mass is 9.74. The Balaban J connectivity index is 1.41. The van der Waals surface area contributed by atoms with Crippen LogP contribution in [0.5, 0.6) is 11.5 Å². The molecule has 9 heteroatoms. The number of carbonyl (C=O) groups is 1. The number of anilines is 1. The van der Waals surface area contributed by atoms with Crippen LogP contribution < -0.4 is 19.1 Å². The second kappa shape index (κ2) is 10.7. The van der Waals surface area contributed by atoms with Gasteiger partial charge in [-0.25, -0.2) is 8.42 Å². The van der Waals surface area contributed by atoms with Crippen molar-refractivity contribution in [3.63, 3.8) is 0 Å². The number of hydrogen-bond acceptors (Lipinski definition) is 6. The molecule has 0 bridgehead atoms. The van der Waals surface area contributed by atoms with Gasteiger partial charge < -0.3 is 19.5 Å². The fourth-order valence-electron chi connectivity index (χ4n) is 5.09. The minimum atomic E-state index is -3.97. The fourth-order valence-corrected chi connectivity index (χ4v) is 6.56. The molecule has 0 unspecified atom stereocenters. The van der Waals surface area contributed by atoms with E-state index in [-0.39, 0.29) is 22.8 Å². The molecule has 1 atom stereocenters. The summed E-state index contributed by atoms with van der Waals surface area (Å²) in [6.45, 7) is 3.38. The molecular weight excluding hydrogens is 504 g/mol. The summed E-state index contributed by atoms with van der Waals surface area (Å²) in [6, 6.07) is 21.7. The molecule has 3 aromatic rings. The molecule has 0 aliphatic carbocycles. The molecule has 8 nitrogen and oxygen atoms in total. The molecule has 2 aliphatic rings. The number of amides is 1. The second-order valence-electron chi connectivity index (χ2n) is 9.77. The highest BCUT2D eigenvalue weighted by atomic mass is 32.2. The van der Waals surface area contributed by atoms with E-state index in [1.54, 1.807) is 24.3 Å². The topological polar surface area (TPSA) is 94.2 Å². The molecule has 1 N–H and O–H groups in total. The Morgan fingerprint density at radius 1 is 1.05 bits per heavy atom. The van der Waals surface area contributed by atoms with E-state index in [1.165, 1.54) is 23.5 Å². The number of benzene rings is 3. The van der Waals surface area contributed by atoms with Crippen molar-refractivity contribution >= 4 is 21.6 Å². The Bertz CT molecular complexity index is 1390. The molecule has 1 amide bonds. The monoisotopic (exact) mass is 536 g/mol. The van der Waals surface area contributed by atoms with Crippen molar-refractivity contribution in [2.24, 2.45) is 0 Å². The van der Waals surface area contributed by atoms with Gasteiger partial charge >= 0.3 is 0 Å². The largest absolute Gasteiger partial charge is 0.497 e. The van der Waals surface area contributed by atoms with Crippen LogP contribution in [0.15, 0.2) is 77.7 Å². The third kappa shape index (κ3) is 5.08. The van der Waals surface area contributed by atoms with Crippen molar-refractivity contribution < 1.29 is 27.4 Å². The first kappa shape index (κ1) is 26.1. The van der Waals surface area contributed by atoms with Gasteiger partial charge in [-0.15, -0.1) is 0 Å². The maximum atomic E-state index is 13.8. The predicted molar refractivity (Wildman–Crippen MR) is 144 cm³/mol. The summed E-state index contributed by atoms with van der Waals surface area (Å²) in [5.74, 6) is 0.552. The number of carbonyl (C=O) groups excluding carboxylic acids is 1. The summed E-state index contributed by atoms with van der Waals surface area (Å²) in [6.07, 6.45) is 0.553. The molecule has 0 saturated carbocycles. The number of hydrogen-bond donors (Lipinski definition) is 1. The number of fused-ring (bicyclic) bond motifs is 1. The number of methoxy groups -OCH3 is 1. The number of sulfonamides is 1. The molecule has 3 aromatic carbocycles. The van der Waals surface area contributed by atoms with Crippen LogP contribution in [0.1, 0.15) is 24.0 Å². The van der Waals surface area contributed by atoms with Crippen LogP contribution in [0, 0.1) is 6.92 Å². The van der Waals surface area contributed by atoms with Crippen molar-refractivity contribution in [1.82, 2.24) is 5.32 Å². The maximum absolute atomic E-state index is 13.8.